The van der Waals surface area contributed by atoms with E-state index in [-0.39, 0.29) is 5.56 Å². The van der Waals surface area contributed by atoms with Crippen LogP contribution in [0.2, 0.25) is 0 Å². The Labute approximate surface area is 120 Å². The fourth-order valence-electron chi connectivity index (χ4n) is 1.84. The Morgan fingerprint density at radius 2 is 2.05 bits per heavy atom. The minimum absolute atomic E-state index is 0.165. The average Bonchev–Trinajstić information content (AvgIpc) is 3.17. The van der Waals surface area contributed by atoms with E-state index in [4.69, 9.17) is 5.73 Å². The van der Waals surface area contributed by atoms with Gasteiger partial charge in [0.15, 0.2) is 5.16 Å². The minimum atomic E-state index is -0.165. The minimum Gasteiger partial charge on any atom is -0.383 e. The van der Waals surface area contributed by atoms with E-state index in [1.54, 1.807) is 6.92 Å². The molecule has 0 bridgehead atoms. The molecule has 7 heteroatoms. The Morgan fingerprint density at radius 1 is 1.30 bits per heavy atom. The zero-order valence-electron chi connectivity index (χ0n) is 11.3. The molecule has 104 valence electrons. The number of nitrogen functional groups attached to an aromatic ring is 1. The van der Waals surface area contributed by atoms with Crippen LogP contribution in [0.25, 0.3) is 0 Å². The summed E-state index contributed by atoms with van der Waals surface area (Å²) in [6.45, 7) is 3.67. The maximum atomic E-state index is 11.5. The van der Waals surface area contributed by atoms with Crippen LogP contribution in [0, 0.1) is 13.8 Å². The van der Waals surface area contributed by atoms with E-state index in [2.05, 4.69) is 19.9 Å². The molecule has 3 rings (SSSR count). The van der Waals surface area contributed by atoms with Gasteiger partial charge in [0.05, 0.1) is 0 Å². The van der Waals surface area contributed by atoms with Crippen molar-refractivity contribution < 1.29 is 0 Å². The Kier molecular flexibility index (Phi) is 3.21. The van der Waals surface area contributed by atoms with Crippen LogP contribution in [0.1, 0.15) is 35.8 Å². The van der Waals surface area contributed by atoms with Crippen LogP contribution < -0.4 is 11.3 Å². The third-order valence-corrected chi connectivity index (χ3v) is 4.12. The van der Waals surface area contributed by atoms with Crippen molar-refractivity contribution in [3.8, 4) is 0 Å². The molecule has 0 aliphatic heterocycles. The molecule has 3 N–H and O–H groups in total. The summed E-state index contributed by atoms with van der Waals surface area (Å²) >= 11 is 1.32. The molecule has 0 radical (unpaired) electrons. The summed E-state index contributed by atoms with van der Waals surface area (Å²) in [5, 5.41) is 1.28. The number of aromatic amines is 1. The monoisotopic (exact) mass is 289 g/mol. The van der Waals surface area contributed by atoms with Crippen LogP contribution >= 0.6 is 11.8 Å². The van der Waals surface area contributed by atoms with Crippen molar-refractivity contribution in [2.75, 3.05) is 5.73 Å². The molecule has 0 amide bonds. The third kappa shape index (κ3) is 2.67. The highest BCUT2D eigenvalue weighted by molar-refractivity contribution is 7.99. The summed E-state index contributed by atoms with van der Waals surface area (Å²) in [6, 6.07) is 1.46. The molecule has 6 nitrogen and oxygen atoms in total. The molecule has 0 atom stereocenters. The molecule has 1 saturated carbocycles. The van der Waals surface area contributed by atoms with E-state index in [9.17, 15) is 4.79 Å². The molecule has 20 heavy (non-hydrogen) atoms. The van der Waals surface area contributed by atoms with Crippen LogP contribution in [0.4, 0.5) is 5.82 Å². The van der Waals surface area contributed by atoms with Gasteiger partial charge in [-0.3, -0.25) is 4.79 Å². The van der Waals surface area contributed by atoms with E-state index in [1.165, 1.54) is 17.8 Å². The topological polar surface area (TPSA) is 97.5 Å². The van der Waals surface area contributed by atoms with E-state index >= 15 is 0 Å². The Morgan fingerprint density at radius 3 is 2.70 bits per heavy atom. The van der Waals surface area contributed by atoms with Crippen molar-refractivity contribution in [3.63, 3.8) is 0 Å². The lowest BCUT2D eigenvalue weighted by atomic mass is 10.3. The summed E-state index contributed by atoms with van der Waals surface area (Å²) in [4.78, 5) is 27.4. The highest BCUT2D eigenvalue weighted by atomic mass is 32.2. The molecule has 0 spiro atoms. The van der Waals surface area contributed by atoms with Gasteiger partial charge in [-0.25, -0.2) is 15.0 Å². The Bertz CT molecular complexity index is 723. The van der Waals surface area contributed by atoms with E-state index < -0.39 is 0 Å². The number of aromatic nitrogens is 4. The van der Waals surface area contributed by atoms with Crippen molar-refractivity contribution in [1.82, 2.24) is 19.9 Å². The second-order valence-corrected chi connectivity index (χ2v) is 5.94. The fourth-order valence-corrected chi connectivity index (χ4v) is 2.77. The zero-order valence-corrected chi connectivity index (χ0v) is 12.1. The lowest BCUT2D eigenvalue weighted by Crippen LogP contribution is -2.09. The van der Waals surface area contributed by atoms with E-state index in [0.29, 0.717) is 22.6 Å². The number of nitrogens with zero attached hydrogens (tertiary/aromatic N) is 3. The van der Waals surface area contributed by atoms with Crippen LogP contribution in [-0.2, 0) is 0 Å². The van der Waals surface area contributed by atoms with Crippen LogP contribution in [0.15, 0.2) is 21.0 Å². The summed E-state index contributed by atoms with van der Waals surface area (Å²) in [7, 11) is 0. The molecule has 0 aromatic carbocycles. The first-order valence-electron chi connectivity index (χ1n) is 6.43. The second kappa shape index (κ2) is 4.90. The van der Waals surface area contributed by atoms with Crippen molar-refractivity contribution in [3.05, 3.63) is 33.5 Å². The smallest absolute Gasteiger partial charge is 0.251 e. The Balaban J connectivity index is 1.98. The van der Waals surface area contributed by atoms with Gasteiger partial charge in [-0.15, -0.1) is 0 Å². The van der Waals surface area contributed by atoms with Gasteiger partial charge in [-0.1, -0.05) is 0 Å². The number of nitrogens with one attached hydrogen (secondary N) is 1. The number of hydrogen-bond donors (Lipinski definition) is 2. The van der Waals surface area contributed by atoms with Gasteiger partial charge in [-0.05, 0) is 38.5 Å². The van der Waals surface area contributed by atoms with Crippen molar-refractivity contribution in [1.29, 1.82) is 0 Å². The highest BCUT2D eigenvalue weighted by Crippen LogP contribution is 2.40. The van der Waals surface area contributed by atoms with Crippen molar-refractivity contribution in [2.45, 2.75) is 42.8 Å². The standard InChI is InChI=1S/C13H15N5OS/c1-6-5-9(19)16-13(15-6)20-12-7(2)10(14)17-11(18-12)8-3-4-8/h5,8H,3-4H2,1-2H3,(H2,14,17,18)(H,15,16,19). The SMILES string of the molecule is Cc1cc(=O)[nH]c(Sc2nc(C3CC3)nc(N)c2C)n1. The van der Waals surface area contributed by atoms with Crippen LogP contribution in [-0.4, -0.2) is 19.9 Å². The van der Waals surface area contributed by atoms with Gasteiger partial charge in [-0.2, -0.15) is 0 Å². The van der Waals surface area contributed by atoms with Gasteiger partial charge in [0, 0.05) is 23.2 Å². The lowest BCUT2D eigenvalue weighted by molar-refractivity contribution is 0.857. The lowest BCUT2D eigenvalue weighted by Gasteiger charge is -2.08. The second-order valence-electron chi connectivity index (χ2n) is 4.97. The number of nitrogens with two attached hydrogens (primary N) is 1. The molecular weight excluding hydrogens is 274 g/mol. The molecule has 2 heterocycles. The van der Waals surface area contributed by atoms with Gasteiger partial charge in [0.2, 0.25) is 0 Å². The number of H-pyrrole nitrogens is 1. The van der Waals surface area contributed by atoms with Crippen LogP contribution in [0.3, 0.4) is 0 Å². The summed E-state index contributed by atoms with van der Waals surface area (Å²) in [6.07, 6.45) is 2.23. The summed E-state index contributed by atoms with van der Waals surface area (Å²) in [5.41, 5.74) is 7.28. The third-order valence-electron chi connectivity index (χ3n) is 3.14. The van der Waals surface area contributed by atoms with Crippen molar-refractivity contribution >= 4 is 17.6 Å². The maximum absolute atomic E-state index is 11.5. The maximum Gasteiger partial charge on any atom is 0.251 e. The predicted octanol–water partition coefficient (Wildman–Crippen LogP) is 1.79. The summed E-state index contributed by atoms with van der Waals surface area (Å²) < 4.78 is 0. The molecule has 1 fully saturated rings. The number of anilines is 1. The molecule has 2 aromatic rings. The number of hydrogen-bond acceptors (Lipinski definition) is 6. The van der Waals surface area contributed by atoms with Crippen molar-refractivity contribution in [2.24, 2.45) is 0 Å². The molecule has 2 aromatic heterocycles. The van der Waals surface area contributed by atoms with Crippen LogP contribution in [0.5, 0.6) is 0 Å². The fraction of sp³-hybridized carbons (Fsp3) is 0.385. The normalized spacial score (nSPS) is 14.5. The van der Waals surface area contributed by atoms with Gasteiger partial charge >= 0.3 is 0 Å². The molecule has 0 unspecified atom stereocenters. The first kappa shape index (κ1) is 13.1. The predicted molar refractivity (Wildman–Crippen MR) is 76.9 cm³/mol. The highest BCUT2D eigenvalue weighted by Gasteiger charge is 2.28. The first-order chi connectivity index (χ1) is 9.52. The average molecular weight is 289 g/mol. The van der Waals surface area contributed by atoms with Gasteiger partial charge in [0.25, 0.3) is 5.56 Å². The molecule has 1 aliphatic carbocycles. The zero-order chi connectivity index (χ0) is 14.3. The van der Waals surface area contributed by atoms with E-state index in [0.717, 1.165) is 29.3 Å². The molecule has 1 aliphatic rings. The molecular formula is C13H15N5OS. The first-order valence-corrected chi connectivity index (χ1v) is 7.24. The number of aryl methyl sites for hydroxylation is 1. The number of rotatable bonds is 3. The Hall–Kier alpha value is -1.89. The van der Waals surface area contributed by atoms with E-state index in [1.807, 2.05) is 6.92 Å². The largest absolute Gasteiger partial charge is 0.383 e. The molecule has 0 saturated heterocycles. The van der Waals surface area contributed by atoms with Gasteiger partial charge < -0.3 is 10.7 Å². The summed E-state index contributed by atoms with van der Waals surface area (Å²) in [5.74, 6) is 1.73. The van der Waals surface area contributed by atoms with Gasteiger partial charge in [0.1, 0.15) is 16.7 Å². The quantitative estimate of drug-likeness (QED) is 0.660.